The highest BCUT2D eigenvalue weighted by molar-refractivity contribution is 9.10. The number of carbonyl (C=O) groups is 2. The van der Waals surface area contributed by atoms with E-state index in [1.807, 2.05) is 0 Å². The molecule has 4 nitrogen and oxygen atoms in total. The van der Waals surface area contributed by atoms with Crippen molar-refractivity contribution >= 4 is 27.8 Å². The van der Waals surface area contributed by atoms with Gasteiger partial charge in [-0.3, -0.25) is 9.59 Å². The number of nitrogens with zero attached hydrogens (tertiary/aromatic N) is 1. The van der Waals surface area contributed by atoms with Crippen molar-refractivity contribution < 1.29 is 27.9 Å². The topological polar surface area (TPSA) is 57.6 Å². The minimum atomic E-state index is -4.52. The molecule has 1 amide bonds. The Hall–Kier alpha value is -1.57. The lowest BCUT2D eigenvalue weighted by atomic mass is 9.95. The van der Waals surface area contributed by atoms with Crippen LogP contribution in [0, 0.1) is 5.92 Å². The van der Waals surface area contributed by atoms with E-state index in [4.69, 9.17) is 5.11 Å². The van der Waals surface area contributed by atoms with Crippen LogP contribution in [0.3, 0.4) is 0 Å². The molecule has 1 saturated heterocycles. The molecule has 8 heteroatoms. The zero-order chi connectivity index (χ0) is 15.8. The minimum Gasteiger partial charge on any atom is -0.481 e. The molecule has 1 aromatic rings. The average molecular weight is 366 g/mol. The van der Waals surface area contributed by atoms with Crippen molar-refractivity contribution in [1.82, 2.24) is 4.90 Å². The van der Waals surface area contributed by atoms with E-state index in [2.05, 4.69) is 15.9 Å². The third-order valence-corrected chi connectivity index (χ3v) is 3.92. The van der Waals surface area contributed by atoms with Gasteiger partial charge in [0.05, 0.1) is 17.5 Å². The summed E-state index contributed by atoms with van der Waals surface area (Å²) in [5, 5.41) is 8.62. The van der Waals surface area contributed by atoms with Crippen LogP contribution >= 0.6 is 15.9 Å². The molecule has 0 radical (unpaired) electrons. The molecule has 0 atom stereocenters. The normalized spacial score (nSPS) is 15.7. The number of carboxylic acid groups (broad SMARTS) is 1. The molecular formula is C13H11BrF3NO3. The molecule has 2 rings (SSSR count). The maximum Gasteiger partial charge on any atom is 0.416 e. The van der Waals surface area contributed by atoms with E-state index in [1.54, 1.807) is 0 Å². The van der Waals surface area contributed by atoms with Gasteiger partial charge in [0, 0.05) is 23.5 Å². The van der Waals surface area contributed by atoms with Gasteiger partial charge in [-0.05, 0) is 34.1 Å². The Morgan fingerprint density at radius 1 is 1.33 bits per heavy atom. The Balaban J connectivity index is 2.12. The van der Waals surface area contributed by atoms with Crippen molar-refractivity contribution in [2.45, 2.75) is 12.6 Å². The number of benzene rings is 1. The molecule has 0 aliphatic carbocycles. The third kappa shape index (κ3) is 3.55. The highest BCUT2D eigenvalue weighted by Crippen LogP contribution is 2.33. The lowest BCUT2D eigenvalue weighted by Crippen LogP contribution is -2.50. The van der Waals surface area contributed by atoms with Crippen molar-refractivity contribution in [3.63, 3.8) is 0 Å². The monoisotopic (exact) mass is 365 g/mol. The van der Waals surface area contributed by atoms with Gasteiger partial charge in [0.15, 0.2) is 0 Å². The van der Waals surface area contributed by atoms with E-state index in [9.17, 15) is 22.8 Å². The molecule has 1 aliphatic heterocycles. The summed E-state index contributed by atoms with van der Waals surface area (Å²) < 4.78 is 38.3. The summed E-state index contributed by atoms with van der Waals surface area (Å²) in [6, 6.07) is 2.88. The number of hydrogen-bond acceptors (Lipinski definition) is 2. The predicted molar refractivity (Wildman–Crippen MR) is 70.8 cm³/mol. The SMILES string of the molecule is O=C(O)CC1CN(C(=O)c2cc(C(F)(F)F)ccc2Br)C1. The Morgan fingerprint density at radius 2 is 1.95 bits per heavy atom. The molecule has 0 spiro atoms. The van der Waals surface area contributed by atoms with Crippen LogP contribution < -0.4 is 0 Å². The Labute approximate surface area is 126 Å². The van der Waals surface area contributed by atoms with Gasteiger partial charge in [0.2, 0.25) is 0 Å². The maximum absolute atomic E-state index is 12.7. The van der Waals surface area contributed by atoms with E-state index in [1.165, 1.54) is 11.0 Å². The largest absolute Gasteiger partial charge is 0.481 e. The number of halogens is 4. The first-order chi connectivity index (χ1) is 9.68. The van der Waals surface area contributed by atoms with Gasteiger partial charge >= 0.3 is 12.1 Å². The number of rotatable bonds is 3. The van der Waals surface area contributed by atoms with Crippen molar-refractivity contribution in [2.24, 2.45) is 5.92 Å². The number of hydrogen-bond donors (Lipinski definition) is 1. The lowest BCUT2D eigenvalue weighted by molar-refractivity contribution is -0.139. The second kappa shape index (κ2) is 5.67. The predicted octanol–water partition coefficient (Wildman–Crippen LogP) is 3.01. The van der Waals surface area contributed by atoms with Crippen molar-refractivity contribution in [2.75, 3.05) is 13.1 Å². The first kappa shape index (κ1) is 15.8. The van der Waals surface area contributed by atoms with Gasteiger partial charge in [-0.1, -0.05) is 0 Å². The van der Waals surface area contributed by atoms with Crippen LogP contribution in [0.2, 0.25) is 0 Å². The smallest absolute Gasteiger partial charge is 0.416 e. The van der Waals surface area contributed by atoms with Gasteiger partial charge in [-0.2, -0.15) is 13.2 Å². The Kier molecular flexibility index (Phi) is 4.27. The Morgan fingerprint density at radius 3 is 2.48 bits per heavy atom. The molecule has 0 saturated carbocycles. The van der Waals surface area contributed by atoms with Gasteiger partial charge in [0.25, 0.3) is 5.91 Å². The molecule has 0 aromatic heterocycles. The summed E-state index contributed by atoms with van der Waals surface area (Å²) in [5.41, 5.74) is -0.963. The average Bonchev–Trinajstić information content (AvgIpc) is 2.31. The van der Waals surface area contributed by atoms with Crippen LogP contribution in [0.5, 0.6) is 0 Å². The summed E-state index contributed by atoms with van der Waals surface area (Å²) in [6.07, 6.45) is -4.57. The summed E-state index contributed by atoms with van der Waals surface area (Å²) in [6.45, 7) is 0.488. The fourth-order valence-corrected chi connectivity index (χ4v) is 2.56. The van der Waals surface area contributed by atoms with Crippen molar-refractivity contribution in [1.29, 1.82) is 0 Å². The quantitative estimate of drug-likeness (QED) is 0.895. The van der Waals surface area contributed by atoms with E-state index in [0.717, 1.165) is 12.1 Å². The van der Waals surface area contributed by atoms with Crippen LogP contribution in [0.25, 0.3) is 0 Å². The number of amides is 1. The van der Waals surface area contributed by atoms with E-state index in [0.29, 0.717) is 0 Å². The van der Waals surface area contributed by atoms with Crippen LogP contribution in [0.4, 0.5) is 13.2 Å². The Bertz CT molecular complexity index is 583. The number of alkyl halides is 3. The van der Waals surface area contributed by atoms with Crippen LogP contribution in [0.15, 0.2) is 22.7 Å². The molecular weight excluding hydrogens is 355 g/mol. The minimum absolute atomic E-state index is 0.0481. The van der Waals surface area contributed by atoms with E-state index < -0.39 is 23.6 Å². The number of carboxylic acids is 1. The fraction of sp³-hybridized carbons (Fsp3) is 0.385. The third-order valence-electron chi connectivity index (χ3n) is 3.23. The summed E-state index contributed by atoms with van der Waals surface area (Å²) in [5.74, 6) is -1.63. The second-order valence-electron chi connectivity index (χ2n) is 4.87. The summed E-state index contributed by atoms with van der Waals surface area (Å²) in [7, 11) is 0. The van der Waals surface area contributed by atoms with E-state index >= 15 is 0 Å². The highest BCUT2D eigenvalue weighted by atomic mass is 79.9. The number of aliphatic carboxylic acids is 1. The highest BCUT2D eigenvalue weighted by Gasteiger charge is 2.35. The molecule has 114 valence electrons. The molecule has 21 heavy (non-hydrogen) atoms. The van der Waals surface area contributed by atoms with Crippen molar-refractivity contribution in [3.05, 3.63) is 33.8 Å². The van der Waals surface area contributed by atoms with Crippen LogP contribution in [0.1, 0.15) is 22.3 Å². The van der Waals surface area contributed by atoms with Gasteiger partial charge in [-0.15, -0.1) is 0 Å². The van der Waals surface area contributed by atoms with Crippen LogP contribution in [-0.2, 0) is 11.0 Å². The second-order valence-corrected chi connectivity index (χ2v) is 5.72. The summed E-state index contributed by atoms with van der Waals surface area (Å²) in [4.78, 5) is 24.0. The molecule has 0 bridgehead atoms. The molecule has 1 fully saturated rings. The first-order valence-corrected chi connectivity index (χ1v) is 6.85. The van der Waals surface area contributed by atoms with Gasteiger partial charge in [-0.25, -0.2) is 0 Å². The number of carbonyl (C=O) groups excluding carboxylic acids is 1. The molecule has 1 aromatic carbocycles. The van der Waals surface area contributed by atoms with Crippen molar-refractivity contribution in [3.8, 4) is 0 Å². The standard InChI is InChI=1S/C13H11BrF3NO3/c14-10-2-1-8(13(15,16)17)4-9(10)12(21)18-5-7(6-18)3-11(19)20/h1-2,4,7H,3,5-6H2,(H,19,20). The van der Waals surface area contributed by atoms with Gasteiger partial charge < -0.3 is 10.0 Å². The lowest BCUT2D eigenvalue weighted by Gasteiger charge is -2.38. The zero-order valence-corrected chi connectivity index (χ0v) is 12.2. The number of likely N-dealkylation sites (tertiary alicyclic amines) is 1. The molecule has 1 aliphatic rings. The fourth-order valence-electron chi connectivity index (χ4n) is 2.15. The summed E-state index contributed by atoms with van der Waals surface area (Å²) >= 11 is 3.07. The molecule has 0 unspecified atom stereocenters. The zero-order valence-electron chi connectivity index (χ0n) is 10.7. The first-order valence-electron chi connectivity index (χ1n) is 6.06. The maximum atomic E-state index is 12.7. The molecule has 1 heterocycles. The molecule has 1 N–H and O–H groups in total. The van der Waals surface area contributed by atoms with E-state index in [-0.39, 0.29) is 35.5 Å². The van der Waals surface area contributed by atoms with Crippen LogP contribution in [-0.4, -0.2) is 35.0 Å². The van der Waals surface area contributed by atoms with Gasteiger partial charge in [0.1, 0.15) is 0 Å².